The summed E-state index contributed by atoms with van der Waals surface area (Å²) in [6.07, 6.45) is 0. The summed E-state index contributed by atoms with van der Waals surface area (Å²) in [6, 6.07) is 3.95. The molecule has 0 saturated heterocycles. The largest absolute Gasteiger partial charge is 0.524 e. The molecule has 1 aromatic rings. The standard InChI is InChI=1S/C7H6IO6P/c8-4-1-2-5(7(9)10)6(3-4)14-15(11,12)13/h1-3H,(H,9,10)(H2,11,12,13). The lowest BCUT2D eigenvalue weighted by Crippen LogP contribution is -2.01. The summed E-state index contributed by atoms with van der Waals surface area (Å²) in [5, 5.41) is 8.72. The van der Waals surface area contributed by atoms with Crippen LogP contribution < -0.4 is 4.52 Å². The molecule has 0 aliphatic heterocycles. The predicted octanol–water partition coefficient (Wildman–Crippen LogP) is 1.46. The summed E-state index contributed by atoms with van der Waals surface area (Å²) < 4.78 is 15.4. The van der Waals surface area contributed by atoms with Crippen molar-refractivity contribution in [2.75, 3.05) is 0 Å². The van der Waals surface area contributed by atoms with Gasteiger partial charge in [-0.25, -0.2) is 9.36 Å². The number of benzene rings is 1. The van der Waals surface area contributed by atoms with Crippen molar-refractivity contribution < 1.29 is 28.8 Å². The number of phosphoric ester groups is 1. The third-order valence-electron chi connectivity index (χ3n) is 1.39. The smallest absolute Gasteiger partial charge is 0.478 e. The van der Waals surface area contributed by atoms with E-state index in [1.807, 2.05) is 22.6 Å². The number of carboxylic acids is 1. The van der Waals surface area contributed by atoms with Gasteiger partial charge in [0.05, 0.1) is 0 Å². The molecule has 6 nitrogen and oxygen atoms in total. The van der Waals surface area contributed by atoms with Crippen LogP contribution in [0, 0.1) is 3.57 Å². The van der Waals surface area contributed by atoms with Crippen molar-refractivity contribution in [3.05, 3.63) is 27.3 Å². The number of rotatable bonds is 3. The summed E-state index contributed by atoms with van der Waals surface area (Å²) in [5.74, 6) is -1.66. The van der Waals surface area contributed by atoms with Crippen LogP contribution in [0.1, 0.15) is 10.4 Å². The molecule has 0 atom stereocenters. The second-order valence-corrected chi connectivity index (χ2v) is 4.94. The highest BCUT2D eigenvalue weighted by Crippen LogP contribution is 2.39. The molecule has 0 heterocycles. The quantitative estimate of drug-likeness (QED) is 0.567. The zero-order valence-electron chi connectivity index (χ0n) is 7.12. The third kappa shape index (κ3) is 3.78. The average Bonchev–Trinajstić information content (AvgIpc) is 1.99. The van der Waals surface area contributed by atoms with Gasteiger partial charge in [-0.1, -0.05) is 0 Å². The molecular formula is C7H6IO6P. The molecule has 3 N–H and O–H groups in total. The average molecular weight is 344 g/mol. The van der Waals surface area contributed by atoms with Crippen LogP contribution >= 0.6 is 30.4 Å². The molecule has 1 rings (SSSR count). The molecule has 0 saturated carbocycles. The molecule has 15 heavy (non-hydrogen) atoms. The Labute approximate surface area is 98.3 Å². The zero-order chi connectivity index (χ0) is 11.6. The Morgan fingerprint density at radius 1 is 1.40 bits per heavy atom. The summed E-state index contributed by atoms with van der Waals surface area (Å²) in [5.41, 5.74) is -0.293. The molecule has 0 aliphatic rings. The van der Waals surface area contributed by atoms with Crippen LogP contribution in [0.2, 0.25) is 0 Å². The van der Waals surface area contributed by atoms with E-state index in [4.69, 9.17) is 14.9 Å². The molecule has 0 unspecified atom stereocenters. The van der Waals surface area contributed by atoms with Crippen LogP contribution in [-0.2, 0) is 4.57 Å². The van der Waals surface area contributed by atoms with Crippen LogP contribution in [0.3, 0.4) is 0 Å². The minimum atomic E-state index is -4.74. The molecule has 8 heteroatoms. The van der Waals surface area contributed by atoms with Gasteiger partial charge in [-0.2, -0.15) is 0 Å². The summed E-state index contributed by atoms with van der Waals surface area (Å²) >= 11 is 1.87. The lowest BCUT2D eigenvalue weighted by atomic mass is 10.2. The molecule has 0 aromatic heterocycles. The summed E-state index contributed by atoms with van der Waals surface area (Å²) in [4.78, 5) is 27.8. The molecular weight excluding hydrogens is 338 g/mol. The molecule has 0 fully saturated rings. The number of hydrogen-bond acceptors (Lipinski definition) is 3. The van der Waals surface area contributed by atoms with Crippen molar-refractivity contribution >= 4 is 36.4 Å². The van der Waals surface area contributed by atoms with E-state index in [9.17, 15) is 9.36 Å². The number of aromatic carboxylic acids is 1. The van der Waals surface area contributed by atoms with E-state index >= 15 is 0 Å². The van der Waals surface area contributed by atoms with Gasteiger partial charge in [0.1, 0.15) is 11.3 Å². The van der Waals surface area contributed by atoms with E-state index in [0.29, 0.717) is 3.57 Å². The van der Waals surface area contributed by atoms with Gasteiger partial charge in [-0.15, -0.1) is 0 Å². The third-order valence-corrected chi connectivity index (χ3v) is 2.50. The van der Waals surface area contributed by atoms with Gasteiger partial charge in [-0.3, -0.25) is 9.79 Å². The highest BCUT2D eigenvalue weighted by Gasteiger charge is 2.21. The van der Waals surface area contributed by atoms with Crippen molar-refractivity contribution in [2.24, 2.45) is 0 Å². The normalized spacial score (nSPS) is 11.1. The van der Waals surface area contributed by atoms with Crippen molar-refractivity contribution in [3.63, 3.8) is 0 Å². The minimum Gasteiger partial charge on any atom is -0.478 e. The minimum absolute atomic E-state index is 0.293. The first-order valence-electron chi connectivity index (χ1n) is 3.57. The van der Waals surface area contributed by atoms with Crippen molar-refractivity contribution in [1.82, 2.24) is 0 Å². The Kier molecular flexibility index (Phi) is 3.72. The molecule has 1 aromatic carbocycles. The van der Waals surface area contributed by atoms with E-state index in [2.05, 4.69) is 4.52 Å². The van der Waals surface area contributed by atoms with E-state index in [0.717, 1.165) is 0 Å². The fourth-order valence-electron chi connectivity index (χ4n) is 0.876. The topological polar surface area (TPSA) is 104 Å². The molecule has 0 spiro atoms. The summed E-state index contributed by atoms with van der Waals surface area (Å²) in [6.45, 7) is 0. The number of carboxylic acid groups (broad SMARTS) is 1. The number of phosphoric acid groups is 1. The van der Waals surface area contributed by atoms with E-state index in [-0.39, 0.29) is 11.3 Å². The van der Waals surface area contributed by atoms with E-state index in [1.54, 1.807) is 0 Å². The number of carbonyl (C=O) groups is 1. The first-order chi connectivity index (χ1) is 6.79. The Balaban J connectivity index is 3.19. The maximum atomic E-state index is 10.7. The Hall–Kier alpha value is -0.630. The van der Waals surface area contributed by atoms with Crippen LogP contribution in [-0.4, -0.2) is 20.9 Å². The van der Waals surface area contributed by atoms with Gasteiger partial charge in [0.2, 0.25) is 0 Å². The maximum absolute atomic E-state index is 10.7. The Morgan fingerprint density at radius 3 is 2.47 bits per heavy atom. The van der Waals surface area contributed by atoms with Crippen molar-refractivity contribution in [3.8, 4) is 5.75 Å². The molecule has 0 aliphatic carbocycles. The lowest BCUT2D eigenvalue weighted by molar-refractivity contribution is 0.0694. The second-order valence-electron chi connectivity index (χ2n) is 2.53. The summed E-state index contributed by atoms with van der Waals surface area (Å²) in [7, 11) is -4.74. The molecule has 0 bridgehead atoms. The Bertz CT molecular complexity index is 439. The number of halogens is 1. The molecule has 0 amide bonds. The fourth-order valence-corrected chi connectivity index (χ4v) is 1.75. The van der Waals surface area contributed by atoms with Crippen LogP contribution in [0.25, 0.3) is 0 Å². The highest BCUT2D eigenvalue weighted by molar-refractivity contribution is 14.1. The van der Waals surface area contributed by atoms with E-state index in [1.165, 1.54) is 18.2 Å². The zero-order valence-corrected chi connectivity index (χ0v) is 10.2. The van der Waals surface area contributed by atoms with Crippen LogP contribution in [0.15, 0.2) is 18.2 Å². The SMILES string of the molecule is O=C(O)c1ccc(I)cc1OP(=O)(O)O. The highest BCUT2D eigenvalue weighted by atomic mass is 127. The lowest BCUT2D eigenvalue weighted by Gasteiger charge is -2.09. The Morgan fingerprint density at radius 2 is 2.00 bits per heavy atom. The fraction of sp³-hybridized carbons (Fsp3) is 0. The van der Waals surface area contributed by atoms with Gasteiger partial charge < -0.3 is 9.63 Å². The number of hydrogen-bond donors (Lipinski definition) is 3. The van der Waals surface area contributed by atoms with E-state index < -0.39 is 13.8 Å². The van der Waals surface area contributed by atoms with Crippen molar-refractivity contribution in [2.45, 2.75) is 0 Å². The maximum Gasteiger partial charge on any atom is 0.524 e. The second kappa shape index (κ2) is 4.48. The van der Waals surface area contributed by atoms with Gasteiger partial charge in [-0.05, 0) is 40.8 Å². The van der Waals surface area contributed by atoms with Gasteiger partial charge >= 0.3 is 13.8 Å². The van der Waals surface area contributed by atoms with Gasteiger partial charge in [0, 0.05) is 3.57 Å². The van der Waals surface area contributed by atoms with Gasteiger partial charge in [0.15, 0.2) is 0 Å². The van der Waals surface area contributed by atoms with Crippen LogP contribution in [0.5, 0.6) is 5.75 Å². The monoisotopic (exact) mass is 344 g/mol. The van der Waals surface area contributed by atoms with Crippen LogP contribution in [0.4, 0.5) is 0 Å². The molecule has 82 valence electrons. The first-order valence-corrected chi connectivity index (χ1v) is 6.18. The molecule has 0 radical (unpaired) electrons. The predicted molar refractivity (Wildman–Crippen MR) is 58.8 cm³/mol. The first kappa shape index (κ1) is 12.4. The van der Waals surface area contributed by atoms with Gasteiger partial charge in [0.25, 0.3) is 0 Å². The van der Waals surface area contributed by atoms with Crippen molar-refractivity contribution in [1.29, 1.82) is 0 Å².